The van der Waals surface area contributed by atoms with Crippen LogP contribution < -0.4 is 9.46 Å². The van der Waals surface area contributed by atoms with E-state index in [1.165, 1.54) is 34.8 Å². The molecule has 160 valence electrons. The molecular weight excluding hydrogens is 406 g/mol. The van der Waals surface area contributed by atoms with Crippen LogP contribution in [0.25, 0.3) is 10.5 Å². The average Bonchev–Trinajstić information content (AvgIpc) is 3.31. The van der Waals surface area contributed by atoms with Crippen molar-refractivity contribution in [2.45, 2.75) is 52.1 Å². The quantitative estimate of drug-likeness (QED) is 0.695. The summed E-state index contributed by atoms with van der Waals surface area (Å²) in [5.41, 5.74) is 6.80. The Morgan fingerprint density at radius 2 is 1.90 bits per heavy atom. The molecule has 1 aliphatic heterocycles. The van der Waals surface area contributed by atoms with Crippen molar-refractivity contribution in [3.8, 4) is 5.75 Å². The topological polar surface area (TPSA) is 55.4 Å². The highest BCUT2D eigenvalue weighted by Crippen LogP contribution is 2.43. The normalized spacial score (nSPS) is 24.3. The number of hydrogen-bond acceptors (Lipinski definition) is 3. The van der Waals surface area contributed by atoms with E-state index >= 15 is 0 Å². The van der Waals surface area contributed by atoms with Gasteiger partial charge in [-0.25, -0.2) is 4.21 Å². The fraction of sp³-hybridized carbons (Fsp3) is 0.346. The first-order chi connectivity index (χ1) is 14.9. The minimum atomic E-state index is -1.48. The van der Waals surface area contributed by atoms with Crippen LogP contribution in [0.1, 0.15) is 67.9 Å². The molecule has 0 saturated heterocycles. The number of amides is 1. The first-order valence-corrected chi connectivity index (χ1v) is 12.1. The average molecular weight is 434 g/mol. The van der Waals surface area contributed by atoms with Gasteiger partial charge < -0.3 is 4.74 Å². The van der Waals surface area contributed by atoms with Crippen LogP contribution in [0.3, 0.4) is 0 Å². The molecule has 0 saturated carbocycles. The van der Waals surface area contributed by atoms with Crippen LogP contribution in [-0.4, -0.2) is 10.1 Å². The molecule has 1 N–H and O–H groups in total. The van der Waals surface area contributed by atoms with Crippen LogP contribution in [-0.2, 0) is 22.2 Å². The lowest BCUT2D eigenvalue weighted by Crippen LogP contribution is -2.16. The Balaban J connectivity index is 1.35. The van der Waals surface area contributed by atoms with Crippen LogP contribution >= 0.6 is 0 Å². The Kier molecular flexibility index (Phi) is 5.09. The van der Waals surface area contributed by atoms with Crippen LogP contribution in [0.5, 0.6) is 5.75 Å². The van der Waals surface area contributed by atoms with Gasteiger partial charge in [-0.3, -0.25) is 9.52 Å². The van der Waals surface area contributed by atoms with Crippen molar-refractivity contribution in [1.29, 1.82) is 0 Å². The van der Waals surface area contributed by atoms with E-state index in [0.29, 0.717) is 10.3 Å². The molecule has 5 heteroatoms. The molecule has 31 heavy (non-hydrogen) atoms. The molecule has 2 aromatic rings. The molecule has 0 aromatic heterocycles. The highest BCUT2D eigenvalue weighted by atomic mass is 32.2. The van der Waals surface area contributed by atoms with Crippen LogP contribution in [0, 0.1) is 5.41 Å². The third-order valence-corrected chi connectivity index (χ3v) is 7.75. The number of allylic oxidation sites excluding steroid dienone is 2. The number of hydrogen-bond donors (Lipinski definition) is 1. The summed E-state index contributed by atoms with van der Waals surface area (Å²) >= 11 is 0. The van der Waals surface area contributed by atoms with Crippen LogP contribution in [0.4, 0.5) is 0 Å². The SMILES string of the molecule is CC1(C)CC=C(c2cccc3c2CCC3Oc2ccc(C3=CC(=O)NS3=O)cc2)CC1. The van der Waals surface area contributed by atoms with Crippen molar-refractivity contribution in [2.75, 3.05) is 0 Å². The highest BCUT2D eigenvalue weighted by molar-refractivity contribution is 7.93. The molecule has 5 rings (SSSR count). The minimum absolute atomic E-state index is 0.0458. The minimum Gasteiger partial charge on any atom is -0.486 e. The molecule has 4 nitrogen and oxygen atoms in total. The largest absolute Gasteiger partial charge is 0.486 e. The van der Waals surface area contributed by atoms with E-state index in [1.54, 1.807) is 0 Å². The predicted octanol–water partition coefficient (Wildman–Crippen LogP) is 5.48. The van der Waals surface area contributed by atoms with Gasteiger partial charge in [-0.15, -0.1) is 0 Å². The summed E-state index contributed by atoms with van der Waals surface area (Å²) in [7, 11) is -1.48. The second-order valence-corrected chi connectivity index (χ2v) is 10.6. The Hall–Kier alpha value is -2.66. The molecule has 2 aromatic carbocycles. The van der Waals surface area contributed by atoms with Gasteiger partial charge in [0, 0.05) is 6.08 Å². The number of ether oxygens (including phenoxy) is 1. The molecule has 2 atom stereocenters. The van der Waals surface area contributed by atoms with E-state index in [1.807, 2.05) is 24.3 Å². The van der Waals surface area contributed by atoms with Gasteiger partial charge in [-0.05, 0) is 77.5 Å². The fourth-order valence-electron chi connectivity index (χ4n) is 4.76. The third kappa shape index (κ3) is 3.99. The lowest BCUT2D eigenvalue weighted by Gasteiger charge is -2.29. The van der Waals surface area contributed by atoms with Gasteiger partial charge in [0.1, 0.15) is 11.9 Å². The number of benzene rings is 2. The van der Waals surface area contributed by atoms with E-state index in [2.05, 4.69) is 42.8 Å². The second-order valence-electron chi connectivity index (χ2n) is 9.38. The molecular formula is C26H27NO3S. The number of carbonyl (C=O) groups excluding carboxylic acids is 1. The summed E-state index contributed by atoms with van der Waals surface area (Å²) in [5, 5.41) is 0. The molecule has 0 spiro atoms. The zero-order chi connectivity index (χ0) is 21.6. The van der Waals surface area contributed by atoms with Crippen molar-refractivity contribution in [3.63, 3.8) is 0 Å². The number of fused-ring (bicyclic) bond motifs is 1. The van der Waals surface area contributed by atoms with E-state index in [4.69, 9.17) is 4.74 Å². The lowest BCUT2D eigenvalue weighted by atomic mass is 9.76. The summed E-state index contributed by atoms with van der Waals surface area (Å²) in [6.45, 7) is 4.69. The standard InChI is InChI=1S/C26H27NO3S/c1-26(2)14-12-17(13-15-26)20-4-3-5-22-21(20)10-11-23(22)30-19-8-6-18(7-9-19)24-16-25(28)27-31(24)29/h3-9,12,16,23H,10-11,13-15H2,1-2H3,(H,27,28). The molecule has 0 radical (unpaired) electrons. The van der Waals surface area contributed by atoms with Crippen molar-refractivity contribution >= 4 is 27.4 Å². The maximum Gasteiger partial charge on any atom is 0.257 e. The van der Waals surface area contributed by atoms with Crippen molar-refractivity contribution in [2.24, 2.45) is 5.41 Å². The molecule has 0 fully saturated rings. The van der Waals surface area contributed by atoms with Gasteiger partial charge >= 0.3 is 0 Å². The summed E-state index contributed by atoms with van der Waals surface area (Å²) in [4.78, 5) is 11.9. The maximum atomic E-state index is 12.0. The first kappa shape index (κ1) is 20.3. The molecule has 2 unspecified atom stereocenters. The number of carbonyl (C=O) groups is 1. The summed E-state index contributed by atoms with van der Waals surface area (Å²) in [5.74, 6) is 0.470. The van der Waals surface area contributed by atoms with Gasteiger partial charge in [-0.2, -0.15) is 0 Å². The van der Waals surface area contributed by atoms with Crippen molar-refractivity contribution in [1.82, 2.24) is 4.72 Å². The molecule has 1 amide bonds. The van der Waals surface area contributed by atoms with E-state index in [9.17, 15) is 9.00 Å². The van der Waals surface area contributed by atoms with Gasteiger partial charge in [0.15, 0.2) is 11.0 Å². The van der Waals surface area contributed by atoms with Gasteiger partial charge in [0.2, 0.25) is 0 Å². The molecule has 3 aliphatic rings. The first-order valence-electron chi connectivity index (χ1n) is 10.9. The zero-order valence-electron chi connectivity index (χ0n) is 17.9. The molecule has 1 heterocycles. The van der Waals surface area contributed by atoms with E-state index in [-0.39, 0.29) is 12.0 Å². The van der Waals surface area contributed by atoms with Gasteiger partial charge in [0.05, 0.1) is 4.91 Å². The highest BCUT2D eigenvalue weighted by Gasteiger charge is 2.29. The van der Waals surface area contributed by atoms with Crippen LogP contribution in [0.2, 0.25) is 0 Å². The predicted molar refractivity (Wildman–Crippen MR) is 124 cm³/mol. The summed E-state index contributed by atoms with van der Waals surface area (Å²) < 4.78 is 20.7. The second kappa shape index (κ2) is 7.79. The third-order valence-electron chi connectivity index (χ3n) is 6.61. The van der Waals surface area contributed by atoms with Gasteiger partial charge in [0.25, 0.3) is 5.91 Å². The Morgan fingerprint density at radius 1 is 1.10 bits per heavy atom. The van der Waals surface area contributed by atoms with Gasteiger partial charge in [-0.1, -0.05) is 50.3 Å². The monoisotopic (exact) mass is 433 g/mol. The van der Waals surface area contributed by atoms with Crippen LogP contribution in [0.15, 0.2) is 54.6 Å². The van der Waals surface area contributed by atoms with E-state index in [0.717, 1.165) is 37.0 Å². The van der Waals surface area contributed by atoms with Crippen molar-refractivity contribution < 1.29 is 13.7 Å². The van der Waals surface area contributed by atoms with Crippen molar-refractivity contribution in [3.05, 3.63) is 76.9 Å². The summed E-state index contributed by atoms with van der Waals surface area (Å²) in [6.07, 6.45) is 9.40. The molecule has 0 bridgehead atoms. The van der Waals surface area contributed by atoms with E-state index < -0.39 is 11.0 Å². The number of rotatable bonds is 4. The Labute approximate surface area is 186 Å². The number of nitrogens with one attached hydrogen (secondary N) is 1. The Morgan fingerprint density at radius 3 is 2.58 bits per heavy atom. The Bertz CT molecular complexity index is 1130. The lowest BCUT2D eigenvalue weighted by molar-refractivity contribution is -0.114. The summed E-state index contributed by atoms with van der Waals surface area (Å²) in [6, 6.07) is 14.1. The zero-order valence-corrected chi connectivity index (χ0v) is 18.8. The molecule has 2 aliphatic carbocycles. The smallest absolute Gasteiger partial charge is 0.257 e. The maximum absolute atomic E-state index is 12.0. The fourth-order valence-corrected chi connectivity index (χ4v) is 5.68.